The van der Waals surface area contributed by atoms with Crippen LogP contribution in [0.3, 0.4) is 0 Å². The second-order valence-corrected chi connectivity index (χ2v) is 8.60. The Labute approximate surface area is 183 Å². The van der Waals surface area contributed by atoms with E-state index < -0.39 is 0 Å². The highest BCUT2D eigenvalue weighted by Crippen LogP contribution is 2.37. The van der Waals surface area contributed by atoms with Crippen molar-refractivity contribution >= 4 is 12.0 Å². The van der Waals surface area contributed by atoms with Crippen LogP contribution in [0.5, 0.6) is 5.75 Å². The van der Waals surface area contributed by atoms with Crippen LogP contribution in [-0.4, -0.2) is 49.2 Å². The molecule has 2 amide bonds. The van der Waals surface area contributed by atoms with Crippen LogP contribution in [0.15, 0.2) is 42.5 Å². The number of fused-ring (bicyclic) bond motifs is 1. The highest BCUT2D eigenvalue weighted by Gasteiger charge is 2.34. The van der Waals surface area contributed by atoms with Gasteiger partial charge in [-0.15, -0.1) is 0 Å². The first-order chi connectivity index (χ1) is 14.9. The lowest BCUT2D eigenvalue weighted by Gasteiger charge is -2.34. The van der Waals surface area contributed by atoms with E-state index in [2.05, 4.69) is 17.4 Å². The minimum Gasteiger partial charge on any atom is -0.490 e. The number of rotatable bonds is 4. The van der Waals surface area contributed by atoms with Crippen molar-refractivity contribution < 1.29 is 19.1 Å². The number of carbonyl (C=O) groups excluding carboxylic acids is 2. The standard InChI is InChI=1S/C25H30N2O4/c1-16(2)30-25(29)27-12-10-18(11-13-27)23-15-21-14-20(8-9-22(21)31-23)17-4-6-19(7-5-17)24(28)26-3/h4-9,14,16,18,23H,10-13,15H2,1-3H3,(H,26,28). The van der Waals surface area contributed by atoms with Crippen LogP contribution in [0.4, 0.5) is 4.79 Å². The number of amides is 2. The molecule has 1 atom stereocenters. The summed E-state index contributed by atoms with van der Waals surface area (Å²) in [6, 6.07) is 14.0. The number of piperidine rings is 1. The van der Waals surface area contributed by atoms with E-state index in [1.54, 1.807) is 11.9 Å². The minimum absolute atomic E-state index is 0.0831. The lowest BCUT2D eigenvalue weighted by atomic mass is 9.88. The van der Waals surface area contributed by atoms with Crippen molar-refractivity contribution in [3.63, 3.8) is 0 Å². The molecule has 0 radical (unpaired) electrons. The van der Waals surface area contributed by atoms with Crippen molar-refractivity contribution in [1.29, 1.82) is 0 Å². The fraction of sp³-hybridized carbons (Fsp3) is 0.440. The van der Waals surface area contributed by atoms with Gasteiger partial charge in [-0.3, -0.25) is 4.79 Å². The molecule has 2 aliphatic rings. The molecule has 6 nitrogen and oxygen atoms in total. The largest absolute Gasteiger partial charge is 0.490 e. The zero-order valence-electron chi connectivity index (χ0n) is 18.4. The van der Waals surface area contributed by atoms with Crippen LogP contribution in [0.25, 0.3) is 11.1 Å². The Kier molecular flexibility index (Phi) is 6.16. The molecular formula is C25H30N2O4. The number of nitrogens with zero attached hydrogens (tertiary/aromatic N) is 1. The highest BCUT2D eigenvalue weighted by atomic mass is 16.6. The van der Waals surface area contributed by atoms with E-state index in [0.29, 0.717) is 11.5 Å². The van der Waals surface area contributed by atoms with Gasteiger partial charge in [-0.2, -0.15) is 0 Å². The number of ether oxygens (including phenoxy) is 2. The smallest absolute Gasteiger partial charge is 0.410 e. The first-order valence-electron chi connectivity index (χ1n) is 11.0. The maximum Gasteiger partial charge on any atom is 0.410 e. The fourth-order valence-corrected chi connectivity index (χ4v) is 4.41. The van der Waals surface area contributed by atoms with Crippen molar-refractivity contribution in [2.45, 2.75) is 45.3 Å². The number of hydrogen-bond acceptors (Lipinski definition) is 4. The Morgan fingerprint density at radius 3 is 2.39 bits per heavy atom. The molecule has 0 bridgehead atoms. The quantitative estimate of drug-likeness (QED) is 0.799. The first kappa shape index (κ1) is 21.2. The third kappa shape index (κ3) is 4.68. The number of hydrogen-bond donors (Lipinski definition) is 1. The van der Waals surface area contributed by atoms with Crippen molar-refractivity contribution in [2.24, 2.45) is 5.92 Å². The van der Waals surface area contributed by atoms with Gasteiger partial charge in [0.05, 0.1) is 6.10 Å². The van der Waals surface area contributed by atoms with Crippen LogP contribution >= 0.6 is 0 Å². The molecule has 2 aromatic rings. The molecule has 2 heterocycles. The van der Waals surface area contributed by atoms with Crippen LogP contribution in [-0.2, 0) is 11.2 Å². The van der Waals surface area contributed by atoms with E-state index >= 15 is 0 Å². The molecule has 164 valence electrons. The van der Waals surface area contributed by atoms with Crippen molar-refractivity contribution in [3.8, 4) is 16.9 Å². The molecule has 1 unspecified atom stereocenters. The summed E-state index contributed by atoms with van der Waals surface area (Å²) in [5.74, 6) is 1.31. The Balaban J connectivity index is 1.38. The molecule has 4 rings (SSSR count). The highest BCUT2D eigenvalue weighted by molar-refractivity contribution is 5.94. The summed E-state index contributed by atoms with van der Waals surface area (Å²) < 4.78 is 11.6. The lowest BCUT2D eigenvalue weighted by molar-refractivity contribution is 0.0503. The summed E-state index contributed by atoms with van der Waals surface area (Å²) in [4.78, 5) is 25.7. The Bertz CT molecular complexity index is 946. The maximum absolute atomic E-state index is 12.1. The number of nitrogens with one attached hydrogen (secondary N) is 1. The maximum atomic E-state index is 12.1. The van der Waals surface area contributed by atoms with Crippen molar-refractivity contribution in [1.82, 2.24) is 10.2 Å². The Morgan fingerprint density at radius 1 is 1.06 bits per heavy atom. The first-order valence-corrected chi connectivity index (χ1v) is 11.0. The average molecular weight is 423 g/mol. The summed E-state index contributed by atoms with van der Waals surface area (Å²) in [5, 5.41) is 2.64. The van der Waals surface area contributed by atoms with Crippen LogP contribution < -0.4 is 10.1 Å². The summed E-state index contributed by atoms with van der Waals surface area (Å²) in [6.45, 7) is 5.18. The molecule has 6 heteroatoms. The molecule has 0 aliphatic carbocycles. The Hall–Kier alpha value is -3.02. The van der Waals surface area contributed by atoms with E-state index in [-0.39, 0.29) is 24.2 Å². The molecular weight excluding hydrogens is 392 g/mol. The minimum atomic E-state index is -0.212. The van der Waals surface area contributed by atoms with Gasteiger partial charge in [-0.1, -0.05) is 18.2 Å². The number of likely N-dealkylation sites (tertiary alicyclic amines) is 1. The predicted octanol–water partition coefficient (Wildman–Crippen LogP) is 4.27. The van der Waals surface area contributed by atoms with Crippen molar-refractivity contribution in [3.05, 3.63) is 53.6 Å². The third-order valence-corrected chi connectivity index (χ3v) is 6.13. The molecule has 1 saturated heterocycles. The molecule has 0 saturated carbocycles. The van der Waals surface area contributed by atoms with Gasteiger partial charge in [-0.25, -0.2) is 4.79 Å². The van der Waals surface area contributed by atoms with Gasteiger partial charge in [0.1, 0.15) is 11.9 Å². The van der Waals surface area contributed by atoms with Crippen LogP contribution in [0.2, 0.25) is 0 Å². The molecule has 1 N–H and O–H groups in total. The summed E-state index contributed by atoms with van der Waals surface area (Å²) in [6.07, 6.45) is 2.60. The SMILES string of the molecule is CNC(=O)c1ccc(-c2ccc3c(c2)CC(C2CCN(C(=O)OC(C)C)CC2)O3)cc1. The average Bonchev–Trinajstić information content (AvgIpc) is 3.21. The van der Waals surface area contributed by atoms with Gasteiger partial charge in [0.2, 0.25) is 0 Å². The lowest BCUT2D eigenvalue weighted by Crippen LogP contribution is -2.43. The Morgan fingerprint density at radius 2 is 1.74 bits per heavy atom. The summed E-state index contributed by atoms with van der Waals surface area (Å²) in [5.41, 5.74) is 4.08. The second kappa shape index (κ2) is 9.00. The molecule has 2 aromatic carbocycles. The van der Waals surface area contributed by atoms with Gasteiger partial charge in [0.15, 0.2) is 0 Å². The molecule has 1 fully saturated rings. The zero-order valence-corrected chi connectivity index (χ0v) is 18.4. The number of benzene rings is 2. The fourth-order valence-electron chi connectivity index (χ4n) is 4.41. The van der Waals surface area contributed by atoms with E-state index in [9.17, 15) is 9.59 Å². The van der Waals surface area contributed by atoms with Crippen LogP contribution in [0.1, 0.15) is 42.6 Å². The van der Waals surface area contributed by atoms with Gasteiger partial charge < -0.3 is 19.7 Å². The van der Waals surface area contributed by atoms with E-state index in [1.165, 1.54) is 5.56 Å². The molecule has 2 aliphatic heterocycles. The third-order valence-electron chi connectivity index (χ3n) is 6.13. The molecule has 0 spiro atoms. The monoisotopic (exact) mass is 422 g/mol. The van der Waals surface area contributed by atoms with Gasteiger partial charge in [-0.05, 0) is 73.6 Å². The van der Waals surface area contributed by atoms with E-state index in [4.69, 9.17) is 9.47 Å². The number of carbonyl (C=O) groups is 2. The van der Waals surface area contributed by atoms with E-state index in [1.807, 2.05) is 44.2 Å². The zero-order chi connectivity index (χ0) is 22.0. The molecule has 31 heavy (non-hydrogen) atoms. The van der Waals surface area contributed by atoms with Gasteiger partial charge >= 0.3 is 6.09 Å². The van der Waals surface area contributed by atoms with Gasteiger partial charge in [0, 0.05) is 32.1 Å². The molecule has 0 aromatic heterocycles. The topological polar surface area (TPSA) is 67.9 Å². The normalized spacial score (nSPS) is 18.5. The van der Waals surface area contributed by atoms with Gasteiger partial charge in [0.25, 0.3) is 5.91 Å². The van der Waals surface area contributed by atoms with Crippen LogP contribution in [0, 0.1) is 5.92 Å². The van der Waals surface area contributed by atoms with E-state index in [0.717, 1.165) is 49.2 Å². The van der Waals surface area contributed by atoms with Crippen molar-refractivity contribution in [2.75, 3.05) is 20.1 Å². The second-order valence-electron chi connectivity index (χ2n) is 8.60. The summed E-state index contributed by atoms with van der Waals surface area (Å²) >= 11 is 0. The summed E-state index contributed by atoms with van der Waals surface area (Å²) in [7, 11) is 1.63. The predicted molar refractivity (Wildman–Crippen MR) is 119 cm³/mol.